The van der Waals surface area contributed by atoms with Gasteiger partial charge in [0.25, 0.3) is 0 Å². The van der Waals surface area contributed by atoms with Crippen LogP contribution in [0.1, 0.15) is 46.6 Å². The smallest absolute Gasteiger partial charge is 0.154 e. The average molecular weight is 509 g/mol. The van der Waals surface area contributed by atoms with Crippen LogP contribution >= 0.6 is 10.3 Å². The summed E-state index contributed by atoms with van der Waals surface area (Å²) in [5, 5.41) is 0. The van der Waals surface area contributed by atoms with Crippen molar-refractivity contribution in [2.24, 2.45) is 5.92 Å². The van der Waals surface area contributed by atoms with Crippen LogP contribution in [0.4, 0.5) is 4.39 Å². The molecule has 1 fully saturated rings. The van der Waals surface area contributed by atoms with E-state index in [2.05, 4.69) is 51.6 Å². The summed E-state index contributed by atoms with van der Waals surface area (Å²) in [6.07, 6.45) is -0.00436. The number of alkyl halides is 1. The highest BCUT2D eigenvalue weighted by molar-refractivity contribution is 8.31. The van der Waals surface area contributed by atoms with Crippen molar-refractivity contribution >= 4 is 10.3 Å². The fourth-order valence-electron chi connectivity index (χ4n) is 4.76. The summed E-state index contributed by atoms with van der Waals surface area (Å²) in [7, 11) is -2.06. The Morgan fingerprint density at radius 3 is 1.78 bits per heavy atom. The summed E-state index contributed by atoms with van der Waals surface area (Å²) in [5.74, 6) is -0.127. The van der Waals surface area contributed by atoms with E-state index >= 15 is 4.39 Å². The Hall–Kier alpha value is -2.40. The summed E-state index contributed by atoms with van der Waals surface area (Å²) in [6, 6.07) is 30.5. The van der Waals surface area contributed by atoms with E-state index in [-0.39, 0.29) is 10.7 Å². The third-order valence-corrected chi connectivity index (χ3v) is 10.6. The molecule has 1 aliphatic carbocycles. The van der Waals surface area contributed by atoms with Crippen molar-refractivity contribution in [2.45, 2.75) is 80.6 Å². The van der Waals surface area contributed by atoms with E-state index in [1.807, 2.05) is 86.7 Å². The fourth-order valence-corrected chi connectivity index (χ4v) is 8.62. The summed E-state index contributed by atoms with van der Waals surface area (Å²) >= 11 is 0. The Balaban J connectivity index is 0.00000176. The van der Waals surface area contributed by atoms with Crippen LogP contribution in [-0.4, -0.2) is 23.1 Å². The van der Waals surface area contributed by atoms with Gasteiger partial charge in [-0.3, -0.25) is 0 Å². The highest BCUT2D eigenvalue weighted by atomic mass is 32.3. The molecule has 0 saturated heterocycles. The number of hydrogen-bond acceptors (Lipinski definition) is 2. The molecule has 4 heteroatoms. The minimum Gasteiger partial charge on any atom is -0.370 e. The molecule has 0 heterocycles. The monoisotopic (exact) mass is 508 g/mol. The van der Waals surface area contributed by atoms with Gasteiger partial charge in [0.05, 0.1) is 12.7 Å². The lowest BCUT2D eigenvalue weighted by molar-refractivity contribution is -0.0160. The maximum absolute atomic E-state index is 16.1. The van der Waals surface area contributed by atoms with Crippen molar-refractivity contribution in [3.05, 3.63) is 109 Å². The molecule has 2 nitrogen and oxygen atoms in total. The van der Waals surface area contributed by atoms with Gasteiger partial charge >= 0.3 is 0 Å². The van der Waals surface area contributed by atoms with Crippen LogP contribution in [0.3, 0.4) is 0 Å². The van der Waals surface area contributed by atoms with Gasteiger partial charge in [-0.2, -0.15) is 0 Å². The second-order valence-corrected chi connectivity index (χ2v) is 13.2. The second kappa shape index (κ2) is 12.7. The molecular weight excluding hydrogens is 467 g/mol. The highest BCUT2D eigenvalue weighted by Gasteiger charge is 2.51. The summed E-state index contributed by atoms with van der Waals surface area (Å²) in [6.45, 7) is 15.0. The minimum absolute atomic E-state index is 0.127. The first-order chi connectivity index (χ1) is 17.4. The van der Waals surface area contributed by atoms with Crippen molar-refractivity contribution in [1.29, 1.82) is 0 Å². The lowest BCUT2D eigenvalue weighted by atomic mass is 10.1. The van der Waals surface area contributed by atoms with Crippen molar-refractivity contribution in [2.75, 3.05) is 0 Å². The van der Waals surface area contributed by atoms with Gasteiger partial charge in [-0.25, -0.2) is 4.39 Å². The lowest BCUT2D eigenvalue weighted by Gasteiger charge is -2.52. The van der Waals surface area contributed by atoms with Gasteiger partial charge < -0.3 is 8.92 Å². The molecule has 0 unspecified atom stereocenters. The minimum atomic E-state index is -2.06. The van der Waals surface area contributed by atoms with Gasteiger partial charge in [0.2, 0.25) is 0 Å². The summed E-state index contributed by atoms with van der Waals surface area (Å²) in [4.78, 5) is 2.19. The van der Waals surface area contributed by atoms with Crippen molar-refractivity contribution in [3.63, 3.8) is 0 Å². The standard InChI is InChI=1S/C30H35FO2S.C2H6/c1-5-24-21-27(32-22-23-15-9-6-10-16-23)28(31)29(24)33-34(30(2,3)4,25-17-11-7-12-18-25)26-19-13-8-14-20-26;1-2/h5-20,24,27-29H,1,21-22H2,2-4H3;1-2H3/t24-,27-,28+,29+;/m0./s1. The zero-order valence-electron chi connectivity index (χ0n) is 22.3. The molecule has 3 aromatic rings. The van der Waals surface area contributed by atoms with Crippen LogP contribution in [0, 0.1) is 5.92 Å². The largest absolute Gasteiger partial charge is 0.370 e. The van der Waals surface area contributed by atoms with Crippen LogP contribution in [0.15, 0.2) is 113 Å². The normalized spacial score (nSPS) is 22.4. The Labute approximate surface area is 219 Å². The molecule has 1 saturated carbocycles. The predicted molar refractivity (Wildman–Crippen MR) is 151 cm³/mol. The Morgan fingerprint density at radius 1 is 0.861 bits per heavy atom. The van der Waals surface area contributed by atoms with Gasteiger partial charge in [0.1, 0.15) is 6.10 Å². The maximum atomic E-state index is 16.1. The molecule has 0 bridgehead atoms. The fraction of sp³-hybridized carbons (Fsp3) is 0.375. The first-order valence-corrected chi connectivity index (χ1v) is 14.5. The van der Waals surface area contributed by atoms with Crippen molar-refractivity contribution in [3.8, 4) is 0 Å². The second-order valence-electron chi connectivity index (χ2n) is 9.77. The van der Waals surface area contributed by atoms with E-state index in [1.165, 1.54) is 0 Å². The van der Waals surface area contributed by atoms with Crippen LogP contribution < -0.4 is 0 Å². The molecular formula is C32H41FO2S. The Morgan fingerprint density at radius 2 is 1.33 bits per heavy atom. The van der Waals surface area contributed by atoms with Gasteiger partial charge in [0.15, 0.2) is 6.17 Å². The van der Waals surface area contributed by atoms with Crippen LogP contribution in [0.5, 0.6) is 0 Å². The number of ether oxygens (including phenoxy) is 1. The van der Waals surface area contributed by atoms with Gasteiger partial charge in [0, 0.05) is 20.5 Å². The molecule has 1 aliphatic rings. The van der Waals surface area contributed by atoms with E-state index in [1.54, 1.807) is 0 Å². The number of rotatable bonds is 8. The molecule has 0 radical (unpaired) electrons. The molecule has 36 heavy (non-hydrogen) atoms. The predicted octanol–water partition coefficient (Wildman–Crippen LogP) is 9.16. The molecule has 4 atom stereocenters. The molecule has 0 spiro atoms. The van der Waals surface area contributed by atoms with E-state index in [0.29, 0.717) is 13.0 Å². The SMILES string of the molecule is C=C[C@H]1C[C@H](OCc2ccccc2)[C@@H](F)[C@@H]1OS(c1ccccc1)(c1ccccc1)C(C)(C)C.CC. The Kier molecular flexibility index (Phi) is 9.95. The average Bonchev–Trinajstić information content (AvgIpc) is 3.22. The third kappa shape index (κ3) is 5.94. The number of hydrogen-bond donors (Lipinski definition) is 0. The molecule has 3 aromatic carbocycles. The van der Waals surface area contributed by atoms with E-state index in [9.17, 15) is 0 Å². The topological polar surface area (TPSA) is 18.5 Å². The zero-order chi connectivity index (χ0) is 26.2. The van der Waals surface area contributed by atoms with E-state index in [0.717, 1.165) is 15.4 Å². The Bertz CT molecular complexity index is 1010. The summed E-state index contributed by atoms with van der Waals surface area (Å²) < 4.78 is 29.0. The quantitative estimate of drug-likeness (QED) is 0.282. The summed E-state index contributed by atoms with van der Waals surface area (Å²) in [5.41, 5.74) is 1.04. The zero-order valence-corrected chi connectivity index (χ0v) is 23.1. The molecule has 0 aliphatic heterocycles. The van der Waals surface area contributed by atoms with Gasteiger partial charge in [-0.05, 0) is 57.0 Å². The van der Waals surface area contributed by atoms with E-state index in [4.69, 9.17) is 8.92 Å². The van der Waals surface area contributed by atoms with Crippen LogP contribution in [0.25, 0.3) is 0 Å². The first kappa shape index (κ1) is 28.2. The molecule has 0 N–H and O–H groups in total. The van der Waals surface area contributed by atoms with Crippen LogP contribution in [-0.2, 0) is 15.5 Å². The molecule has 194 valence electrons. The lowest BCUT2D eigenvalue weighted by Crippen LogP contribution is -2.37. The molecule has 4 rings (SSSR count). The number of benzene rings is 3. The third-order valence-electron chi connectivity index (χ3n) is 6.47. The van der Waals surface area contributed by atoms with Gasteiger partial charge in [-0.1, -0.05) is 97.0 Å². The maximum Gasteiger partial charge on any atom is 0.154 e. The van der Waals surface area contributed by atoms with Crippen LogP contribution in [0.2, 0.25) is 0 Å². The highest BCUT2D eigenvalue weighted by Crippen LogP contribution is 2.72. The first-order valence-electron chi connectivity index (χ1n) is 12.9. The van der Waals surface area contributed by atoms with Gasteiger partial charge in [-0.15, -0.1) is 6.58 Å². The number of halogens is 1. The molecule has 0 aromatic heterocycles. The van der Waals surface area contributed by atoms with E-state index < -0.39 is 28.7 Å². The van der Waals surface area contributed by atoms with Crippen molar-refractivity contribution < 1.29 is 13.3 Å². The van der Waals surface area contributed by atoms with Crippen molar-refractivity contribution in [1.82, 2.24) is 0 Å². The molecule has 0 amide bonds.